The highest BCUT2D eigenvalue weighted by atomic mass is 32.2. The number of urea groups is 1. The minimum atomic E-state index is -1.02. The van der Waals surface area contributed by atoms with Gasteiger partial charge in [-0.2, -0.15) is 11.8 Å². The number of carboxylic acids is 1. The molecule has 0 aromatic rings. The summed E-state index contributed by atoms with van der Waals surface area (Å²) in [5, 5.41) is 14.3. The van der Waals surface area contributed by atoms with E-state index >= 15 is 0 Å². The number of hydrogen-bond acceptors (Lipinski definition) is 3. The average Bonchev–Trinajstić information content (AvgIpc) is 2.10. The predicted octanol–water partition coefficient (Wildman–Crippen LogP) is 1.04. The molecule has 1 fully saturated rings. The molecule has 0 aliphatic heterocycles. The van der Waals surface area contributed by atoms with Crippen molar-refractivity contribution in [3.63, 3.8) is 0 Å². The van der Waals surface area contributed by atoms with Crippen molar-refractivity contribution >= 4 is 23.8 Å². The minimum absolute atomic E-state index is 0.0425. The number of carbonyl (C=O) groups excluding carboxylic acids is 1. The van der Waals surface area contributed by atoms with Crippen LogP contribution in [0.2, 0.25) is 0 Å². The number of aliphatic carboxylic acids is 1. The number of hydrogen-bond donors (Lipinski definition) is 3. The van der Waals surface area contributed by atoms with Crippen molar-refractivity contribution in [3.8, 4) is 0 Å². The van der Waals surface area contributed by atoms with Crippen LogP contribution in [0.15, 0.2) is 0 Å². The third kappa shape index (κ3) is 3.04. The van der Waals surface area contributed by atoms with Crippen LogP contribution in [0.4, 0.5) is 4.79 Å². The first kappa shape index (κ1) is 13.2. The van der Waals surface area contributed by atoms with Gasteiger partial charge in [-0.1, -0.05) is 0 Å². The molecular formula is C10H18N2O3S. The standard InChI is InChI=1S/C10H18N2O3S/c1-7(6-16-2)11-9(15)12-10(8(13)14)4-3-5-10/h7H,3-6H2,1-2H3,(H,13,14)(H2,11,12,15). The number of carboxylic acid groups (broad SMARTS) is 1. The molecule has 0 spiro atoms. The van der Waals surface area contributed by atoms with Gasteiger partial charge in [-0.3, -0.25) is 0 Å². The Labute approximate surface area is 99.4 Å². The van der Waals surface area contributed by atoms with Crippen LogP contribution in [0.1, 0.15) is 26.2 Å². The fraction of sp³-hybridized carbons (Fsp3) is 0.800. The maximum Gasteiger partial charge on any atom is 0.329 e. The van der Waals surface area contributed by atoms with E-state index < -0.39 is 11.5 Å². The lowest BCUT2D eigenvalue weighted by Gasteiger charge is -2.38. The molecule has 0 bridgehead atoms. The van der Waals surface area contributed by atoms with E-state index in [-0.39, 0.29) is 12.1 Å². The molecule has 0 radical (unpaired) electrons. The fourth-order valence-electron chi connectivity index (χ4n) is 1.69. The molecule has 3 N–H and O–H groups in total. The van der Waals surface area contributed by atoms with E-state index in [0.29, 0.717) is 12.8 Å². The summed E-state index contributed by atoms with van der Waals surface area (Å²) in [6.07, 6.45) is 3.85. The topological polar surface area (TPSA) is 78.4 Å². The molecule has 6 heteroatoms. The van der Waals surface area contributed by atoms with Crippen LogP contribution < -0.4 is 10.6 Å². The van der Waals surface area contributed by atoms with Crippen LogP contribution in [0, 0.1) is 0 Å². The minimum Gasteiger partial charge on any atom is -0.480 e. The Morgan fingerprint density at radius 2 is 2.12 bits per heavy atom. The summed E-state index contributed by atoms with van der Waals surface area (Å²) in [6, 6.07) is -0.343. The van der Waals surface area contributed by atoms with Crippen molar-refractivity contribution in [1.29, 1.82) is 0 Å². The van der Waals surface area contributed by atoms with Gasteiger partial charge >= 0.3 is 12.0 Å². The van der Waals surface area contributed by atoms with Gasteiger partial charge in [-0.05, 0) is 32.4 Å². The normalized spacial score (nSPS) is 19.4. The van der Waals surface area contributed by atoms with E-state index in [1.54, 1.807) is 11.8 Å². The lowest BCUT2D eigenvalue weighted by molar-refractivity contribution is -0.148. The Hall–Kier alpha value is -0.910. The molecule has 0 saturated heterocycles. The van der Waals surface area contributed by atoms with Crippen LogP contribution in [0.3, 0.4) is 0 Å². The molecule has 1 aliphatic rings. The van der Waals surface area contributed by atoms with Gasteiger partial charge in [0, 0.05) is 11.8 Å². The number of rotatable bonds is 5. The van der Waals surface area contributed by atoms with Crippen molar-refractivity contribution in [2.75, 3.05) is 12.0 Å². The van der Waals surface area contributed by atoms with Crippen molar-refractivity contribution in [1.82, 2.24) is 10.6 Å². The van der Waals surface area contributed by atoms with Gasteiger partial charge in [-0.15, -0.1) is 0 Å². The van der Waals surface area contributed by atoms with Crippen molar-refractivity contribution in [2.45, 2.75) is 37.8 Å². The molecule has 0 heterocycles. The Kier molecular flexibility index (Phi) is 4.46. The molecule has 0 aromatic carbocycles. The number of thioether (sulfide) groups is 1. The molecule has 1 atom stereocenters. The second-order valence-corrected chi connectivity index (χ2v) is 5.11. The molecule has 16 heavy (non-hydrogen) atoms. The van der Waals surface area contributed by atoms with Crippen LogP contribution in [0.25, 0.3) is 0 Å². The Morgan fingerprint density at radius 3 is 2.50 bits per heavy atom. The van der Waals surface area contributed by atoms with E-state index in [2.05, 4.69) is 10.6 Å². The van der Waals surface area contributed by atoms with E-state index in [4.69, 9.17) is 5.11 Å². The van der Waals surface area contributed by atoms with Crippen LogP contribution in [-0.2, 0) is 4.79 Å². The monoisotopic (exact) mass is 246 g/mol. The highest BCUT2D eigenvalue weighted by Crippen LogP contribution is 2.31. The lowest BCUT2D eigenvalue weighted by Crippen LogP contribution is -2.62. The van der Waals surface area contributed by atoms with Crippen LogP contribution in [-0.4, -0.2) is 40.7 Å². The van der Waals surface area contributed by atoms with Crippen LogP contribution in [0.5, 0.6) is 0 Å². The lowest BCUT2D eigenvalue weighted by atomic mass is 9.77. The van der Waals surface area contributed by atoms with Crippen molar-refractivity contribution in [3.05, 3.63) is 0 Å². The molecule has 0 aromatic heterocycles. The number of amides is 2. The third-order valence-corrected chi connectivity index (χ3v) is 3.60. The zero-order valence-corrected chi connectivity index (χ0v) is 10.4. The van der Waals surface area contributed by atoms with Gasteiger partial charge < -0.3 is 15.7 Å². The summed E-state index contributed by atoms with van der Waals surface area (Å²) >= 11 is 1.64. The Bertz CT molecular complexity index is 279. The van der Waals surface area contributed by atoms with Gasteiger partial charge in [0.1, 0.15) is 5.54 Å². The highest BCUT2D eigenvalue weighted by Gasteiger charge is 2.45. The summed E-state index contributed by atoms with van der Waals surface area (Å²) in [4.78, 5) is 22.6. The summed E-state index contributed by atoms with van der Waals surface area (Å²) in [5.41, 5.74) is -1.02. The second-order valence-electron chi connectivity index (χ2n) is 4.20. The van der Waals surface area contributed by atoms with Crippen molar-refractivity contribution < 1.29 is 14.7 Å². The van der Waals surface area contributed by atoms with Gasteiger partial charge in [0.15, 0.2) is 0 Å². The third-order valence-electron chi connectivity index (χ3n) is 2.76. The fourth-order valence-corrected chi connectivity index (χ4v) is 2.27. The molecule has 5 nitrogen and oxygen atoms in total. The van der Waals surface area contributed by atoms with Crippen LogP contribution >= 0.6 is 11.8 Å². The van der Waals surface area contributed by atoms with Gasteiger partial charge in [-0.25, -0.2) is 9.59 Å². The molecule has 1 saturated carbocycles. The van der Waals surface area contributed by atoms with E-state index in [0.717, 1.165) is 12.2 Å². The maximum atomic E-state index is 11.5. The first-order valence-corrected chi connectivity index (χ1v) is 6.70. The zero-order valence-electron chi connectivity index (χ0n) is 9.58. The SMILES string of the molecule is CSCC(C)NC(=O)NC1(C(=O)O)CCC1. The zero-order chi connectivity index (χ0) is 12.2. The summed E-state index contributed by atoms with van der Waals surface area (Å²) < 4.78 is 0. The summed E-state index contributed by atoms with van der Waals surface area (Å²) in [7, 11) is 0. The highest BCUT2D eigenvalue weighted by molar-refractivity contribution is 7.98. The number of carbonyl (C=O) groups is 2. The Balaban J connectivity index is 2.41. The van der Waals surface area contributed by atoms with E-state index in [1.165, 1.54) is 0 Å². The van der Waals surface area contributed by atoms with E-state index in [9.17, 15) is 9.59 Å². The molecule has 1 rings (SSSR count). The molecule has 1 aliphatic carbocycles. The summed E-state index contributed by atoms with van der Waals surface area (Å²) in [6.45, 7) is 1.89. The summed E-state index contributed by atoms with van der Waals surface area (Å²) in [5.74, 6) is -0.126. The molecule has 92 valence electrons. The van der Waals surface area contributed by atoms with E-state index in [1.807, 2.05) is 13.2 Å². The maximum absolute atomic E-state index is 11.5. The largest absolute Gasteiger partial charge is 0.480 e. The quantitative estimate of drug-likeness (QED) is 0.677. The molecular weight excluding hydrogens is 228 g/mol. The Morgan fingerprint density at radius 1 is 1.50 bits per heavy atom. The number of nitrogens with one attached hydrogen (secondary N) is 2. The van der Waals surface area contributed by atoms with Gasteiger partial charge in [0.2, 0.25) is 0 Å². The predicted molar refractivity (Wildman–Crippen MR) is 63.7 cm³/mol. The molecule has 2 amide bonds. The first-order chi connectivity index (χ1) is 7.50. The average molecular weight is 246 g/mol. The first-order valence-electron chi connectivity index (χ1n) is 5.31. The smallest absolute Gasteiger partial charge is 0.329 e. The van der Waals surface area contributed by atoms with Crippen molar-refractivity contribution in [2.24, 2.45) is 0 Å². The van der Waals surface area contributed by atoms with Gasteiger partial charge in [0.25, 0.3) is 0 Å². The van der Waals surface area contributed by atoms with Gasteiger partial charge in [0.05, 0.1) is 0 Å². The second kappa shape index (κ2) is 5.43. The molecule has 1 unspecified atom stereocenters.